The summed E-state index contributed by atoms with van der Waals surface area (Å²) in [5, 5.41) is 3.52. The molecular weight excluding hydrogens is 350 g/mol. The van der Waals surface area contributed by atoms with E-state index in [0.717, 1.165) is 50.3 Å². The highest BCUT2D eigenvalue weighted by Crippen LogP contribution is 2.27. The van der Waals surface area contributed by atoms with Crippen LogP contribution in [-0.2, 0) is 6.54 Å². The summed E-state index contributed by atoms with van der Waals surface area (Å²) in [5.74, 6) is 2.99. The zero-order chi connectivity index (χ0) is 19.2. The lowest BCUT2D eigenvalue weighted by atomic mass is 9.96. The Hall–Kier alpha value is -2.76. The van der Waals surface area contributed by atoms with Gasteiger partial charge in [-0.1, -0.05) is 24.3 Å². The maximum atomic E-state index is 6.15. The summed E-state index contributed by atoms with van der Waals surface area (Å²) in [6.07, 6.45) is 5.86. The van der Waals surface area contributed by atoms with Gasteiger partial charge in [0.15, 0.2) is 5.96 Å². The molecule has 2 aromatic rings. The average Bonchev–Trinajstić information content (AvgIpc) is 2.73. The molecule has 0 unspecified atom stereocenters. The van der Waals surface area contributed by atoms with Crippen molar-refractivity contribution in [2.24, 2.45) is 4.99 Å². The van der Waals surface area contributed by atoms with Gasteiger partial charge in [-0.3, -0.25) is 4.99 Å². The van der Waals surface area contributed by atoms with Crippen LogP contribution in [0.1, 0.15) is 24.8 Å². The van der Waals surface area contributed by atoms with Crippen molar-refractivity contribution in [3.63, 3.8) is 0 Å². The van der Waals surface area contributed by atoms with Crippen LogP contribution in [0, 0.1) is 0 Å². The molecule has 1 saturated carbocycles. The summed E-state index contributed by atoms with van der Waals surface area (Å²) in [6.45, 7) is 4.46. The van der Waals surface area contributed by atoms with E-state index >= 15 is 0 Å². The number of nitrogens with zero attached hydrogens (tertiary/aromatic N) is 4. The van der Waals surface area contributed by atoms with Crippen molar-refractivity contribution in [1.82, 2.24) is 15.2 Å². The van der Waals surface area contributed by atoms with E-state index in [1.54, 1.807) is 0 Å². The predicted molar refractivity (Wildman–Crippen MR) is 113 cm³/mol. The number of guanidine groups is 1. The number of aliphatic imine (C=N–C) groups is 1. The van der Waals surface area contributed by atoms with E-state index in [1.807, 2.05) is 31.4 Å². The number of ether oxygens (including phenoxy) is 1. The van der Waals surface area contributed by atoms with E-state index in [4.69, 9.17) is 4.74 Å². The Bertz CT molecular complexity index is 783. The second kappa shape index (κ2) is 8.95. The molecule has 2 aliphatic rings. The normalized spacial score (nSPS) is 18.0. The Morgan fingerprint density at radius 2 is 1.89 bits per heavy atom. The molecule has 1 aliphatic heterocycles. The molecule has 0 atom stereocenters. The molecule has 1 aliphatic carbocycles. The Kier molecular flexibility index (Phi) is 5.95. The number of rotatable bonds is 5. The monoisotopic (exact) mass is 379 g/mol. The molecule has 0 radical (unpaired) electrons. The van der Waals surface area contributed by atoms with Crippen LogP contribution < -0.4 is 15.0 Å². The van der Waals surface area contributed by atoms with Crippen molar-refractivity contribution in [2.75, 3.05) is 38.1 Å². The van der Waals surface area contributed by atoms with Crippen molar-refractivity contribution in [3.8, 4) is 5.75 Å². The molecule has 2 fully saturated rings. The largest absolute Gasteiger partial charge is 0.490 e. The second-order valence-corrected chi connectivity index (χ2v) is 7.34. The molecule has 2 heterocycles. The number of para-hydroxylation sites is 1. The molecule has 1 aromatic carbocycles. The number of anilines is 1. The molecule has 1 aromatic heterocycles. The molecule has 6 nitrogen and oxygen atoms in total. The lowest BCUT2D eigenvalue weighted by Gasteiger charge is -2.37. The topological polar surface area (TPSA) is 53.0 Å². The molecule has 0 amide bonds. The minimum Gasteiger partial charge on any atom is -0.490 e. The average molecular weight is 380 g/mol. The molecule has 4 rings (SSSR count). The summed E-state index contributed by atoms with van der Waals surface area (Å²) in [6, 6.07) is 14.4. The van der Waals surface area contributed by atoms with Crippen LogP contribution in [-0.4, -0.2) is 55.2 Å². The van der Waals surface area contributed by atoms with Gasteiger partial charge in [-0.25, -0.2) is 4.98 Å². The molecule has 28 heavy (non-hydrogen) atoms. The number of benzene rings is 1. The Morgan fingerprint density at radius 3 is 2.57 bits per heavy atom. The number of hydrogen-bond acceptors (Lipinski definition) is 4. The van der Waals surface area contributed by atoms with Gasteiger partial charge < -0.3 is 19.9 Å². The maximum absolute atomic E-state index is 6.15. The Labute approximate surface area is 167 Å². The van der Waals surface area contributed by atoms with Crippen LogP contribution in [0.4, 0.5) is 5.82 Å². The van der Waals surface area contributed by atoms with Crippen molar-refractivity contribution in [1.29, 1.82) is 0 Å². The molecule has 1 N–H and O–H groups in total. The van der Waals surface area contributed by atoms with Gasteiger partial charge in [-0.2, -0.15) is 0 Å². The van der Waals surface area contributed by atoms with E-state index in [-0.39, 0.29) is 0 Å². The fourth-order valence-corrected chi connectivity index (χ4v) is 3.63. The van der Waals surface area contributed by atoms with Crippen molar-refractivity contribution in [3.05, 3.63) is 54.2 Å². The van der Waals surface area contributed by atoms with Gasteiger partial charge in [-0.05, 0) is 37.5 Å². The number of hydrogen-bond donors (Lipinski definition) is 1. The smallest absolute Gasteiger partial charge is 0.194 e. The van der Waals surface area contributed by atoms with Gasteiger partial charge in [0.25, 0.3) is 0 Å². The Morgan fingerprint density at radius 1 is 1.11 bits per heavy atom. The first-order valence-corrected chi connectivity index (χ1v) is 10.2. The molecule has 148 valence electrons. The third kappa shape index (κ3) is 4.38. The summed E-state index contributed by atoms with van der Waals surface area (Å²) in [4.78, 5) is 13.6. The minimum absolute atomic E-state index is 0.389. The van der Waals surface area contributed by atoms with Crippen LogP contribution >= 0.6 is 0 Å². The first-order valence-electron chi connectivity index (χ1n) is 10.2. The van der Waals surface area contributed by atoms with E-state index < -0.39 is 0 Å². The van der Waals surface area contributed by atoms with Gasteiger partial charge in [0.1, 0.15) is 11.6 Å². The second-order valence-electron chi connectivity index (χ2n) is 7.34. The zero-order valence-corrected chi connectivity index (χ0v) is 16.6. The minimum atomic E-state index is 0.389. The Balaban J connectivity index is 1.32. The third-order valence-electron chi connectivity index (χ3n) is 5.52. The third-order valence-corrected chi connectivity index (χ3v) is 5.52. The highest BCUT2D eigenvalue weighted by atomic mass is 16.5. The van der Waals surface area contributed by atoms with Gasteiger partial charge in [0, 0.05) is 51.5 Å². The molecule has 0 spiro atoms. The highest BCUT2D eigenvalue weighted by molar-refractivity contribution is 5.80. The molecule has 1 saturated heterocycles. The SMILES string of the molecule is CN=C(NCc1ccccc1OC1CCC1)N1CCN(c2ccccn2)CC1. The summed E-state index contributed by atoms with van der Waals surface area (Å²) in [7, 11) is 1.85. The fraction of sp³-hybridized carbons (Fsp3) is 0.455. The highest BCUT2D eigenvalue weighted by Gasteiger charge is 2.22. The van der Waals surface area contributed by atoms with Crippen molar-refractivity contribution < 1.29 is 4.74 Å². The zero-order valence-electron chi connectivity index (χ0n) is 16.6. The van der Waals surface area contributed by atoms with Gasteiger partial charge in [-0.15, -0.1) is 0 Å². The van der Waals surface area contributed by atoms with Crippen LogP contribution in [0.5, 0.6) is 5.75 Å². The van der Waals surface area contributed by atoms with Crippen LogP contribution in [0.2, 0.25) is 0 Å². The molecule has 6 heteroatoms. The fourth-order valence-electron chi connectivity index (χ4n) is 3.63. The van der Waals surface area contributed by atoms with E-state index in [2.05, 4.69) is 49.4 Å². The lowest BCUT2D eigenvalue weighted by Crippen LogP contribution is -2.52. The number of pyridine rings is 1. The van der Waals surface area contributed by atoms with E-state index in [9.17, 15) is 0 Å². The van der Waals surface area contributed by atoms with Gasteiger partial charge in [0.05, 0.1) is 6.10 Å². The van der Waals surface area contributed by atoms with Crippen molar-refractivity contribution in [2.45, 2.75) is 31.9 Å². The summed E-state index contributed by atoms with van der Waals surface area (Å²) < 4.78 is 6.15. The quantitative estimate of drug-likeness (QED) is 0.639. The van der Waals surface area contributed by atoms with Crippen LogP contribution in [0.3, 0.4) is 0 Å². The predicted octanol–water partition coefficient (Wildman–Crippen LogP) is 2.91. The van der Waals surface area contributed by atoms with E-state index in [0.29, 0.717) is 6.10 Å². The van der Waals surface area contributed by atoms with Crippen molar-refractivity contribution >= 4 is 11.8 Å². The standard InChI is InChI=1S/C22H29N5O/c1-23-22(27-15-13-26(14-16-27)21-11-4-5-12-24-21)25-17-18-7-2-3-10-20(18)28-19-8-6-9-19/h2-5,7,10-12,19H,6,8-9,13-17H2,1H3,(H,23,25). The van der Waals surface area contributed by atoms with Crippen LogP contribution in [0.25, 0.3) is 0 Å². The summed E-state index contributed by atoms with van der Waals surface area (Å²) >= 11 is 0. The number of aromatic nitrogens is 1. The molecule has 0 bridgehead atoms. The first-order chi connectivity index (χ1) is 13.8. The van der Waals surface area contributed by atoms with Crippen LogP contribution in [0.15, 0.2) is 53.7 Å². The summed E-state index contributed by atoms with van der Waals surface area (Å²) in [5.41, 5.74) is 1.18. The lowest BCUT2D eigenvalue weighted by molar-refractivity contribution is 0.119. The van der Waals surface area contributed by atoms with E-state index in [1.165, 1.54) is 24.8 Å². The molecular formula is C22H29N5O. The first kappa shape index (κ1) is 18.6. The number of piperazine rings is 1. The van der Waals surface area contributed by atoms with Gasteiger partial charge in [0.2, 0.25) is 0 Å². The number of nitrogens with one attached hydrogen (secondary N) is 1. The maximum Gasteiger partial charge on any atom is 0.194 e. The van der Waals surface area contributed by atoms with Gasteiger partial charge >= 0.3 is 0 Å².